The molecule has 0 radical (unpaired) electrons. The molecule has 5 N–H and O–H groups in total. The second-order valence-electron chi connectivity index (χ2n) is 8.68. The molecule has 30 heavy (non-hydrogen) atoms. The van der Waals surface area contributed by atoms with Crippen LogP contribution in [-0.4, -0.2) is 56.6 Å². The Morgan fingerprint density at radius 2 is 1.90 bits per heavy atom. The van der Waals surface area contributed by atoms with Crippen LogP contribution >= 0.6 is 0 Å². The Hall–Kier alpha value is -2.19. The maximum Gasteiger partial charge on any atom is 0.321 e. The van der Waals surface area contributed by atoms with Gasteiger partial charge in [-0.3, -0.25) is 10.6 Å². The maximum absolute atomic E-state index is 12.6. The van der Waals surface area contributed by atoms with E-state index in [9.17, 15) is 4.79 Å². The van der Waals surface area contributed by atoms with Crippen molar-refractivity contribution in [2.75, 3.05) is 32.5 Å². The number of urea groups is 1. The van der Waals surface area contributed by atoms with E-state index >= 15 is 0 Å². The van der Waals surface area contributed by atoms with Crippen molar-refractivity contribution in [3.05, 3.63) is 42.5 Å². The third-order valence-electron chi connectivity index (χ3n) is 5.50. The summed E-state index contributed by atoms with van der Waals surface area (Å²) in [5, 5.41) is 18.8. The zero-order valence-electron chi connectivity index (χ0n) is 18.5. The first-order chi connectivity index (χ1) is 14.4. The minimum atomic E-state index is -0.294. The average molecular weight is 413 g/mol. The van der Waals surface area contributed by atoms with Crippen molar-refractivity contribution in [3.63, 3.8) is 0 Å². The van der Waals surface area contributed by atoms with Gasteiger partial charge in [0.2, 0.25) is 0 Å². The van der Waals surface area contributed by atoms with Gasteiger partial charge in [-0.05, 0) is 68.8 Å². The van der Waals surface area contributed by atoms with Gasteiger partial charge in [-0.25, -0.2) is 4.79 Å². The first-order valence-corrected chi connectivity index (χ1v) is 10.9. The third kappa shape index (κ3) is 6.67. The van der Waals surface area contributed by atoms with Crippen LogP contribution in [0.1, 0.15) is 26.7 Å². The largest absolute Gasteiger partial charge is 0.321 e. The quantitative estimate of drug-likeness (QED) is 0.431. The molecule has 2 aromatic carbocycles. The Morgan fingerprint density at radius 3 is 2.63 bits per heavy atom. The number of nitrogens with zero attached hydrogens (tertiary/aromatic N) is 1. The molecule has 1 aliphatic rings. The smallest absolute Gasteiger partial charge is 0.310 e. The first-order valence-electron chi connectivity index (χ1n) is 10.9. The van der Waals surface area contributed by atoms with E-state index in [2.05, 4.69) is 65.5 Å². The van der Waals surface area contributed by atoms with Gasteiger partial charge in [0.1, 0.15) is 6.29 Å². The van der Waals surface area contributed by atoms with Crippen molar-refractivity contribution in [1.29, 1.82) is 0 Å². The van der Waals surface area contributed by atoms with Crippen molar-refractivity contribution in [2.45, 2.75) is 45.2 Å². The topological polar surface area (TPSA) is 80.5 Å². The molecule has 1 heterocycles. The average Bonchev–Trinajstić information content (AvgIpc) is 2.70. The van der Waals surface area contributed by atoms with Crippen LogP contribution in [0.25, 0.3) is 10.8 Å². The Balaban J connectivity index is 1.55. The Kier molecular flexibility index (Phi) is 8.04. The summed E-state index contributed by atoms with van der Waals surface area (Å²) in [5.41, 5.74) is 0.778. The number of amides is 2. The summed E-state index contributed by atoms with van der Waals surface area (Å²) in [6.45, 7) is 6.41. The number of fused-ring (bicyclic) bond motifs is 1. The molecule has 2 aromatic rings. The lowest BCUT2D eigenvalue weighted by molar-refractivity contribution is 0.165. The monoisotopic (exact) mass is 412 g/mol. The highest BCUT2D eigenvalue weighted by Crippen LogP contribution is 2.19. The van der Waals surface area contributed by atoms with Crippen molar-refractivity contribution < 1.29 is 4.79 Å². The lowest BCUT2D eigenvalue weighted by Gasteiger charge is -2.40. The van der Waals surface area contributed by atoms with Gasteiger partial charge in [0.05, 0.1) is 6.17 Å². The number of benzene rings is 2. The molecular formula is C23H36N6O. The van der Waals surface area contributed by atoms with Crippen molar-refractivity contribution in [2.24, 2.45) is 5.92 Å². The van der Waals surface area contributed by atoms with E-state index in [0.717, 1.165) is 42.4 Å². The van der Waals surface area contributed by atoms with E-state index in [1.807, 2.05) is 36.4 Å². The van der Waals surface area contributed by atoms with Gasteiger partial charge in [-0.2, -0.15) is 0 Å². The molecule has 0 saturated carbocycles. The lowest BCUT2D eigenvalue weighted by atomic mass is 9.97. The standard InChI is InChI=1S/C23H36N6O/c1-16(2)20-15-21(24-12-7-13-29(3)4)27-22(26-20)28-23(30)25-19-11-10-17-8-5-6-9-18(17)14-19/h5-6,8-11,14,16,20-22,24,26-27H,7,12-13,15H2,1-4H3,(H2,25,28,30). The zero-order chi connectivity index (χ0) is 21.5. The van der Waals surface area contributed by atoms with E-state index in [1.165, 1.54) is 0 Å². The van der Waals surface area contributed by atoms with Crippen molar-refractivity contribution in [3.8, 4) is 0 Å². The molecule has 3 atom stereocenters. The molecule has 7 nitrogen and oxygen atoms in total. The summed E-state index contributed by atoms with van der Waals surface area (Å²) >= 11 is 0. The molecule has 164 valence electrons. The van der Waals surface area contributed by atoms with Crippen LogP contribution in [-0.2, 0) is 0 Å². The molecule has 0 aromatic heterocycles. The van der Waals surface area contributed by atoms with Gasteiger partial charge in [0.15, 0.2) is 0 Å². The number of rotatable bonds is 8. The summed E-state index contributed by atoms with van der Waals surface area (Å²) in [7, 11) is 4.18. The Labute approximate surface area is 180 Å². The second kappa shape index (κ2) is 10.7. The molecule has 1 saturated heterocycles. The van der Waals surface area contributed by atoms with Gasteiger partial charge in [-0.1, -0.05) is 44.2 Å². The minimum absolute atomic E-state index is 0.159. The molecule has 3 unspecified atom stereocenters. The molecule has 2 amide bonds. The summed E-state index contributed by atoms with van der Waals surface area (Å²) in [5.74, 6) is 0.478. The fourth-order valence-electron chi connectivity index (χ4n) is 3.78. The Bertz CT molecular complexity index is 824. The number of anilines is 1. The molecule has 1 aliphatic heterocycles. The van der Waals surface area contributed by atoms with Gasteiger partial charge in [-0.15, -0.1) is 0 Å². The molecular weight excluding hydrogens is 376 g/mol. The number of hydrogen-bond acceptors (Lipinski definition) is 5. The maximum atomic E-state index is 12.6. The van der Waals surface area contributed by atoms with E-state index < -0.39 is 0 Å². The zero-order valence-corrected chi connectivity index (χ0v) is 18.5. The van der Waals surface area contributed by atoms with Crippen LogP contribution in [0, 0.1) is 5.92 Å². The van der Waals surface area contributed by atoms with Crippen molar-refractivity contribution >= 4 is 22.5 Å². The minimum Gasteiger partial charge on any atom is -0.310 e. The predicted octanol–water partition coefficient (Wildman–Crippen LogP) is 2.72. The number of carbonyl (C=O) groups excluding carboxylic acids is 1. The normalized spacial score (nSPS) is 21.9. The molecule has 7 heteroatoms. The highest BCUT2D eigenvalue weighted by Gasteiger charge is 2.29. The van der Waals surface area contributed by atoms with E-state index in [0.29, 0.717) is 12.0 Å². The van der Waals surface area contributed by atoms with Crippen LogP contribution in [0.3, 0.4) is 0 Å². The summed E-state index contributed by atoms with van der Waals surface area (Å²) < 4.78 is 0. The van der Waals surface area contributed by atoms with E-state index in [4.69, 9.17) is 0 Å². The van der Waals surface area contributed by atoms with Crippen molar-refractivity contribution in [1.82, 2.24) is 26.2 Å². The fraction of sp³-hybridized carbons (Fsp3) is 0.522. The lowest BCUT2D eigenvalue weighted by Crippen LogP contribution is -2.69. The van der Waals surface area contributed by atoms with E-state index in [-0.39, 0.29) is 18.5 Å². The van der Waals surface area contributed by atoms with Crippen LogP contribution in [0.5, 0.6) is 0 Å². The van der Waals surface area contributed by atoms with Crippen LogP contribution in [0.4, 0.5) is 10.5 Å². The first kappa shape index (κ1) is 22.5. The summed E-state index contributed by atoms with van der Waals surface area (Å²) in [6.07, 6.45) is 1.93. The number of hydrogen-bond donors (Lipinski definition) is 5. The molecule has 0 spiro atoms. The summed E-state index contributed by atoms with van der Waals surface area (Å²) in [6, 6.07) is 14.1. The fourth-order valence-corrected chi connectivity index (χ4v) is 3.78. The molecule has 0 aliphatic carbocycles. The predicted molar refractivity (Wildman–Crippen MR) is 124 cm³/mol. The van der Waals surface area contributed by atoms with Crippen LogP contribution < -0.4 is 26.6 Å². The highest BCUT2D eigenvalue weighted by molar-refractivity contribution is 5.93. The SMILES string of the molecule is CC(C)C1CC(NCCCN(C)C)NC(NC(=O)Nc2ccc3ccccc3c2)N1. The van der Waals surface area contributed by atoms with Gasteiger partial charge in [0, 0.05) is 11.7 Å². The van der Waals surface area contributed by atoms with Crippen LogP contribution in [0.15, 0.2) is 42.5 Å². The molecule has 3 rings (SSSR count). The molecule has 0 bridgehead atoms. The number of carbonyl (C=O) groups is 1. The van der Waals surface area contributed by atoms with Crippen LogP contribution in [0.2, 0.25) is 0 Å². The Morgan fingerprint density at radius 1 is 1.13 bits per heavy atom. The van der Waals surface area contributed by atoms with E-state index in [1.54, 1.807) is 0 Å². The highest BCUT2D eigenvalue weighted by atomic mass is 16.2. The number of nitrogens with one attached hydrogen (secondary N) is 5. The summed E-state index contributed by atoms with van der Waals surface area (Å²) in [4.78, 5) is 14.8. The second-order valence-corrected chi connectivity index (χ2v) is 8.68. The van der Waals surface area contributed by atoms with Gasteiger partial charge >= 0.3 is 6.03 Å². The van der Waals surface area contributed by atoms with Gasteiger partial charge < -0.3 is 20.9 Å². The molecule has 1 fully saturated rings. The third-order valence-corrected chi connectivity index (χ3v) is 5.50. The van der Waals surface area contributed by atoms with Gasteiger partial charge in [0.25, 0.3) is 0 Å².